The number of rotatable bonds is 4. The van der Waals surface area contributed by atoms with Crippen molar-refractivity contribution in [2.75, 3.05) is 10.6 Å². The second kappa shape index (κ2) is 7.11. The van der Waals surface area contributed by atoms with E-state index in [1.54, 1.807) is 24.3 Å². The molecule has 2 N–H and O–H groups in total. The van der Waals surface area contributed by atoms with Crippen LogP contribution in [0.4, 0.5) is 24.5 Å². The molecule has 1 fully saturated rings. The van der Waals surface area contributed by atoms with E-state index in [1.165, 1.54) is 18.2 Å². The molecule has 2 aromatic rings. The summed E-state index contributed by atoms with van der Waals surface area (Å²) in [6.45, 7) is 0. The molecule has 8 heteroatoms. The van der Waals surface area contributed by atoms with Crippen LogP contribution in [0.15, 0.2) is 48.5 Å². The first-order chi connectivity index (χ1) is 12.8. The van der Waals surface area contributed by atoms with Crippen LogP contribution in [-0.2, 0) is 15.8 Å². The lowest BCUT2D eigenvalue weighted by Crippen LogP contribution is -2.22. The molecule has 2 unspecified atom stereocenters. The predicted molar refractivity (Wildman–Crippen MR) is 91.5 cm³/mol. The van der Waals surface area contributed by atoms with Crippen LogP contribution in [0.2, 0.25) is 0 Å². The lowest BCUT2D eigenvalue weighted by atomic mass is 10.1. The average Bonchev–Trinajstić information content (AvgIpc) is 3.43. The zero-order chi connectivity index (χ0) is 19.6. The van der Waals surface area contributed by atoms with Gasteiger partial charge in [-0.2, -0.15) is 18.4 Å². The van der Waals surface area contributed by atoms with Gasteiger partial charge < -0.3 is 10.6 Å². The number of hydrogen-bond donors (Lipinski definition) is 2. The van der Waals surface area contributed by atoms with Crippen molar-refractivity contribution in [3.05, 3.63) is 59.7 Å². The van der Waals surface area contributed by atoms with Gasteiger partial charge in [0.1, 0.15) is 0 Å². The Morgan fingerprint density at radius 3 is 2.15 bits per heavy atom. The van der Waals surface area contributed by atoms with Crippen molar-refractivity contribution in [3.8, 4) is 6.07 Å². The first-order valence-corrected chi connectivity index (χ1v) is 8.07. The second-order valence-electron chi connectivity index (χ2n) is 6.16. The Bertz CT molecular complexity index is 917. The number of para-hydroxylation sites is 1. The van der Waals surface area contributed by atoms with E-state index < -0.39 is 29.5 Å². The molecule has 0 radical (unpaired) electrons. The van der Waals surface area contributed by atoms with Crippen molar-refractivity contribution < 1.29 is 22.8 Å². The predicted octanol–water partition coefficient (Wildman–Crippen LogP) is 3.79. The fourth-order valence-corrected chi connectivity index (χ4v) is 2.70. The van der Waals surface area contributed by atoms with Crippen molar-refractivity contribution >= 4 is 23.2 Å². The van der Waals surface area contributed by atoms with Gasteiger partial charge in [-0.25, -0.2) is 0 Å². The summed E-state index contributed by atoms with van der Waals surface area (Å²) in [6.07, 6.45) is -4.32. The SMILES string of the molecule is N#Cc1ccc(NC(=O)C2CC2C(=O)Nc2ccccc2C(F)(F)F)cc1. The van der Waals surface area contributed by atoms with E-state index in [0.29, 0.717) is 11.3 Å². The minimum Gasteiger partial charge on any atom is -0.326 e. The Balaban J connectivity index is 1.61. The van der Waals surface area contributed by atoms with E-state index in [4.69, 9.17) is 5.26 Å². The van der Waals surface area contributed by atoms with Crippen LogP contribution < -0.4 is 10.6 Å². The van der Waals surface area contributed by atoms with Gasteiger partial charge in [0.15, 0.2) is 0 Å². The van der Waals surface area contributed by atoms with Crippen LogP contribution >= 0.6 is 0 Å². The Kier molecular flexibility index (Phi) is 4.86. The maximum Gasteiger partial charge on any atom is 0.418 e. The molecule has 2 atom stereocenters. The summed E-state index contributed by atoms with van der Waals surface area (Å²) in [4.78, 5) is 24.4. The van der Waals surface area contributed by atoms with Gasteiger partial charge in [-0.3, -0.25) is 9.59 Å². The van der Waals surface area contributed by atoms with Crippen molar-refractivity contribution in [3.63, 3.8) is 0 Å². The van der Waals surface area contributed by atoms with Gasteiger partial charge in [0.05, 0.1) is 34.7 Å². The number of nitriles is 1. The second-order valence-corrected chi connectivity index (χ2v) is 6.16. The standard InChI is InChI=1S/C19H14F3N3O2/c20-19(21,22)15-3-1-2-4-16(15)25-18(27)14-9-13(14)17(26)24-12-7-5-11(10-23)6-8-12/h1-8,13-14H,9H2,(H,24,26)(H,25,27). The number of benzene rings is 2. The Morgan fingerprint density at radius 2 is 1.56 bits per heavy atom. The van der Waals surface area contributed by atoms with Gasteiger partial charge in [-0.15, -0.1) is 0 Å². The Hall–Kier alpha value is -3.34. The largest absolute Gasteiger partial charge is 0.418 e. The number of carbonyl (C=O) groups excluding carboxylic acids is 2. The number of alkyl halides is 3. The van der Waals surface area contributed by atoms with Gasteiger partial charge in [0, 0.05) is 5.69 Å². The summed E-state index contributed by atoms with van der Waals surface area (Å²) in [5, 5.41) is 13.6. The molecule has 1 saturated carbocycles. The van der Waals surface area contributed by atoms with E-state index in [1.807, 2.05) is 6.07 Å². The van der Waals surface area contributed by atoms with Crippen molar-refractivity contribution in [1.29, 1.82) is 5.26 Å². The number of nitrogens with zero attached hydrogens (tertiary/aromatic N) is 1. The summed E-state index contributed by atoms with van der Waals surface area (Å²) in [6, 6.07) is 12.9. The van der Waals surface area contributed by atoms with E-state index in [-0.39, 0.29) is 18.0 Å². The maximum absolute atomic E-state index is 13.0. The summed E-state index contributed by atoms with van der Waals surface area (Å²) >= 11 is 0. The average molecular weight is 373 g/mol. The zero-order valence-electron chi connectivity index (χ0n) is 13.9. The molecular formula is C19H14F3N3O2. The van der Waals surface area contributed by atoms with Gasteiger partial charge in [0.2, 0.25) is 11.8 Å². The summed E-state index contributed by atoms with van der Waals surface area (Å²) in [5.74, 6) is -2.28. The third-order valence-corrected chi connectivity index (χ3v) is 4.24. The molecule has 0 heterocycles. The molecule has 0 bridgehead atoms. The number of anilines is 2. The smallest absolute Gasteiger partial charge is 0.326 e. The summed E-state index contributed by atoms with van der Waals surface area (Å²) in [5.41, 5.74) is -0.335. The fourth-order valence-electron chi connectivity index (χ4n) is 2.70. The number of nitrogens with one attached hydrogen (secondary N) is 2. The normalized spacial score (nSPS) is 18.3. The van der Waals surface area contributed by atoms with Crippen LogP contribution in [0.25, 0.3) is 0 Å². The van der Waals surface area contributed by atoms with Crippen LogP contribution in [-0.4, -0.2) is 11.8 Å². The number of amides is 2. The topological polar surface area (TPSA) is 82.0 Å². The monoisotopic (exact) mass is 373 g/mol. The molecule has 138 valence electrons. The van der Waals surface area contributed by atoms with Gasteiger partial charge >= 0.3 is 6.18 Å². The zero-order valence-corrected chi connectivity index (χ0v) is 13.9. The summed E-state index contributed by atoms with van der Waals surface area (Å²) in [7, 11) is 0. The van der Waals surface area contributed by atoms with Crippen LogP contribution in [0.1, 0.15) is 17.5 Å². The highest BCUT2D eigenvalue weighted by molar-refractivity contribution is 6.03. The Morgan fingerprint density at radius 1 is 0.963 bits per heavy atom. The van der Waals surface area contributed by atoms with Crippen LogP contribution in [0.3, 0.4) is 0 Å². The molecule has 0 spiro atoms. The van der Waals surface area contributed by atoms with Gasteiger partial charge in [0.25, 0.3) is 0 Å². The quantitative estimate of drug-likeness (QED) is 0.855. The third-order valence-electron chi connectivity index (χ3n) is 4.24. The first-order valence-electron chi connectivity index (χ1n) is 8.07. The minimum atomic E-state index is -4.58. The molecule has 0 aromatic heterocycles. The lowest BCUT2D eigenvalue weighted by Gasteiger charge is -2.13. The number of halogens is 3. The third kappa shape index (κ3) is 4.26. The van der Waals surface area contributed by atoms with E-state index >= 15 is 0 Å². The minimum absolute atomic E-state index is 0.266. The highest BCUT2D eigenvalue weighted by atomic mass is 19.4. The fraction of sp³-hybridized carbons (Fsp3) is 0.211. The van der Waals surface area contributed by atoms with E-state index in [0.717, 1.165) is 6.07 Å². The molecule has 1 aliphatic rings. The molecule has 3 rings (SSSR count). The lowest BCUT2D eigenvalue weighted by molar-refractivity contribution is -0.137. The van der Waals surface area contributed by atoms with E-state index in [9.17, 15) is 22.8 Å². The molecule has 5 nitrogen and oxygen atoms in total. The van der Waals surface area contributed by atoms with Gasteiger partial charge in [-0.1, -0.05) is 12.1 Å². The molecule has 2 aromatic carbocycles. The maximum atomic E-state index is 13.0. The van der Waals surface area contributed by atoms with Crippen molar-refractivity contribution in [1.82, 2.24) is 0 Å². The molecular weight excluding hydrogens is 359 g/mol. The molecule has 0 saturated heterocycles. The van der Waals surface area contributed by atoms with Crippen LogP contribution in [0, 0.1) is 23.2 Å². The molecule has 1 aliphatic carbocycles. The molecule has 0 aliphatic heterocycles. The Labute approximate surface area is 152 Å². The van der Waals surface area contributed by atoms with Crippen molar-refractivity contribution in [2.24, 2.45) is 11.8 Å². The first kappa shape index (κ1) is 18.5. The van der Waals surface area contributed by atoms with Gasteiger partial charge in [-0.05, 0) is 42.8 Å². The molecule has 2 amide bonds. The highest BCUT2D eigenvalue weighted by Gasteiger charge is 2.48. The van der Waals surface area contributed by atoms with Crippen molar-refractivity contribution in [2.45, 2.75) is 12.6 Å². The number of hydrogen-bond acceptors (Lipinski definition) is 3. The summed E-state index contributed by atoms with van der Waals surface area (Å²) < 4.78 is 38.9. The van der Waals surface area contributed by atoms with E-state index in [2.05, 4.69) is 10.6 Å². The van der Waals surface area contributed by atoms with Crippen LogP contribution in [0.5, 0.6) is 0 Å². The molecule has 27 heavy (non-hydrogen) atoms. The number of carbonyl (C=O) groups is 2. The highest BCUT2D eigenvalue weighted by Crippen LogP contribution is 2.41.